The first-order valence-corrected chi connectivity index (χ1v) is 10.0. The predicted molar refractivity (Wildman–Crippen MR) is 116 cm³/mol. The molecule has 0 bridgehead atoms. The number of ether oxygens (including phenoxy) is 1. The Morgan fingerprint density at radius 1 is 1.07 bits per heavy atom. The summed E-state index contributed by atoms with van der Waals surface area (Å²) in [4.78, 5) is 27.1. The van der Waals surface area contributed by atoms with Gasteiger partial charge in [0.15, 0.2) is 0 Å². The standard InChI is InChI=1S/C24H24N2O3/c1-3-26-20-12-11-18(15-17(20)10-14-22(26)27)25-24(28)23-19-8-6-5-7-16(19)9-13-21(23)29-4-2/h5-9,11-13,15H,3-4,10,14H2,1-2H3,(H,25,28). The number of anilines is 2. The SMILES string of the molecule is CCOc1ccc2ccccc2c1C(=O)Nc1ccc2c(c1)CCC(=O)N2CC. The molecule has 2 amide bonds. The first kappa shape index (κ1) is 19.0. The molecule has 0 spiro atoms. The van der Waals surface area contributed by atoms with E-state index in [1.54, 1.807) is 4.90 Å². The van der Waals surface area contributed by atoms with Gasteiger partial charge in [0.25, 0.3) is 5.91 Å². The van der Waals surface area contributed by atoms with E-state index in [2.05, 4.69) is 5.32 Å². The Balaban J connectivity index is 1.69. The van der Waals surface area contributed by atoms with Crippen LogP contribution in [0.15, 0.2) is 54.6 Å². The molecule has 0 saturated carbocycles. The smallest absolute Gasteiger partial charge is 0.260 e. The van der Waals surface area contributed by atoms with E-state index in [4.69, 9.17) is 4.74 Å². The summed E-state index contributed by atoms with van der Waals surface area (Å²) < 4.78 is 5.73. The molecule has 4 rings (SSSR count). The van der Waals surface area contributed by atoms with E-state index in [1.165, 1.54) is 0 Å². The maximum atomic E-state index is 13.2. The highest BCUT2D eigenvalue weighted by Gasteiger charge is 2.23. The first-order valence-electron chi connectivity index (χ1n) is 10.0. The van der Waals surface area contributed by atoms with E-state index in [1.807, 2.05) is 68.4 Å². The maximum absolute atomic E-state index is 13.2. The van der Waals surface area contributed by atoms with Crippen LogP contribution < -0.4 is 15.0 Å². The number of carbonyl (C=O) groups excluding carboxylic acids is 2. The number of nitrogens with one attached hydrogen (secondary N) is 1. The highest BCUT2D eigenvalue weighted by atomic mass is 16.5. The minimum Gasteiger partial charge on any atom is -0.493 e. The molecule has 0 radical (unpaired) electrons. The zero-order chi connectivity index (χ0) is 20.4. The average molecular weight is 388 g/mol. The van der Waals surface area contributed by atoms with Crippen LogP contribution in [0, 0.1) is 0 Å². The number of rotatable bonds is 5. The van der Waals surface area contributed by atoms with Crippen molar-refractivity contribution in [2.24, 2.45) is 0 Å². The molecule has 0 unspecified atom stereocenters. The fourth-order valence-electron chi connectivity index (χ4n) is 3.94. The van der Waals surface area contributed by atoms with Crippen molar-refractivity contribution in [2.75, 3.05) is 23.4 Å². The molecule has 1 N–H and O–H groups in total. The van der Waals surface area contributed by atoms with Gasteiger partial charge in [-0.3, -0.25) is 9.59 Å². The Morgan fingerprint density at radius 3 is 2.69 bits per heavy atom. The van der Waals surface area contributed by atoms with Crippen LogP contribution in [0.5, 0.6) is 5.75 Å². The van der Waals surface area contributed by atoms with Gasteiger partial charge in [0.05, 0.1) is 12.2 Å². The van der Waals surface area contributed by atoms with Gasteiger partial charge in [0, 0.05) is 24.3 Å². The van der Waals surface area contributed by atoms with Crippen molar-refractivity contribution in [3.05, 3.63) is 65.7 Å². The molecule has 0 aromatic heterocycles. The fraction of sp³-hybridized carbons (Fsp3) is 0.250. The normalized spacial score (nSPS) is 13.3. The topological polar surface area (TPSA) is 58.6 Å². The molecule has 1 aliphatic heterocycles. The van der Waals surface area contributed by atoms with Crippen LogP contribution >= 0.6 is 0 Å². The number of carbonyl (C=O) groups is 2. The molecule has 29 heavy (non-hydrogen) atoms. The van der Waals surface area contributed by atoms with E-state index in [0.29, 0.717) is 37.3 Å². The molecule has 5 heteroatoms. The largest absolute Gasteiger partial charge is 0.493 e. The van der Waals surface area contributed by atoms with E-state index < -0.39 is 0 Å². The van der Waals surface area contributed by atoms with E-state index in [-0.39, 0.29) is 11.8 Å². The van der Waals surface area contributed by atoms with Gasteiger partial charge < -0.3 is 15.0 Å². The summed E-state index contributed by atoms with van der Waals surface area (Å²) in [6, 6.07) is 17.3. The molecule has 148 valence electrons. The molecule has 5 nitrogen and oxygen atoms in total. The van der Waals surface area contributed by atoms with Crippen molar-refractivity contribution in [1.29, 1.82) is 0 Å². The van der Waals surface area contributed by atoms with Gasteiger partial charge in [0.2, 0.25) is 5.91 Å². The number of fused-ring (bicyclic) bond motifs is 2. The van der Waals surface area contributed by atoms with Crippen molar-refractivity contribution >= 4 is 34.0 Å². The summed E-state index contributed by atoms with van der Waals surface area (Å²) in [5.74, 6) is 0.516. The van der Waals surface area contributed by atoms with Gasteiger partial charge >= 0.3 is 0 Å². The van der Waals surface area contributed by atoms with E-state index in [9.17, 15) is 9.59 Å². The van der Waals surface area contributed by atoms with E-state index in [0.717, 1.165) is 27.7 Å². The van der Waals surface area contributed by atoms with Crippen LogP contribution in [0.4, 0.5) is 11.4 Å². The van der Waals surface area contributed by atoms with Gasteiger partial charge in [0.1, 0.15) is 5.75 Å². The third-order valence-corrected chi connectivity index (χ3v) is 5.27. The summed E-state index contributed by atoms with van der Waals surface area (Å²) in [6.45, 7) is 5.00. The lowest BCUT2D eigenvalue weighted by atomic mass is 10.00. The Hall–Kier alpha value is -3.34. The lowest BCUT2D eigenvalue weighted by Crippen LogP contribution is -2.34. The minimum absolute atomic E-state index is 0.147. The molecule has 0 fully saturated rings. The Bertz CT molecular complexity index is 1090. The summed E-state index contributed by atoms with van der Waals surface area (Å²) in [7, 11) is 0. The monoisotopic (exact) mass is 388 g/mol. The van der Waals surface area contributed by atoms with Crippen LogP contribution in [0.1, 0.15) is 36.2 Å². The lowest BCUT2D eigenvalue weighted by molar-refractivity contribution is -0.118. The molecule has 0 aliphatic carbocycles. The highest BCUT2D eigenvalue weighted by Crippen LogP contribution is 2.32. The molecule has 0 atom stereocenters. The van der Waals surface area contributed by atoms with Gasteiger partial charge in [-0.25, -0.2) is 0 Å². The molecular formula is C24H24N2O3. The highest BCUT2D eigenvalue weighted by molar-refractivity contribution is 6.15. The number of amides is 2. The van der Waals surface area contributed by atoms with Crippen LogP contribution in [0.3, 0.4) is 0 Å². The third kappa shape index (κ3) is 3.56. The second-order valence-corrected chi connectivity index (χ2v) is 7.03. The van der Waals surface area contributed by atoms with Gasteiger partial charge in [-0.15, -0.1) is 0 Å². The van der Waals surface area contributed by atoms with E-state index >= 15 is 0 Å². The maximum Gasteiger partial charge on any atom is 0.260 e. The average Bonchev–Trinajstić information content (AvgIpc) is 2.73. The van der Waals surface area contributed by atoms with Crippen molar-refractivity contribution in [3.8, 4) is 5.75 Å². The summed E-state index contributed by atoms with van der Waals surface area (Å²) in [6.07, 6.45) is 1.18. The molecule has 3 aromatic carbocycles. The van der Waals surface area contributed by atoms with Gasteiger partial charge in [-0.05, 0) is 60.9 Å². The number of hydrogen-bond donors (Lipinski definition) is 1. The fourth-order valence-corrected chi connectivity index (χ4v) is 3.94. The number of benzene rings is 3. The molecule has 1 heterocycles. The third-order valence-electron chi connectivity index (χ3n) is 5.27. The Morgan fingerprint density at radius 2 is 1.90 bits per heavy atom. The number of nitrogens with zero attached hydrogens (tertiary/aromatic N) is 1. The second-order valence-electron chi connectivity index (χ2n) is 7.03. The molecule has 0 saturated heterocycles. The van der Waals surface area contributed by atoms with Gasteiger partial charge in [-0.2, -0.15) is 0 Å². The van der Waals surface area contributed by atoms with Crippen LogP contribution in [-0.4, -0.2) is 25.0 Å². The Labute approximate surface area is 170 Å². The lowest BCUT2D eigenvalue weighted by Gasteiger charge is -2.28. The summed E-state index contributed by atoms with van der Waals surface area (Å²) >= 11 is 0. The first-order chi connectivity index (χ1) is 14.1. The molecule has 3 aromatic rings. The quantitative estimate of drug-likeness (QED) is 0.684. The zero-order valence-corrected chi connectivity index (χ0v) is 16.7. The van der Waals surface area contributed by atoms with Crippen LogP contribution in [0.2, 0.25) is 0 Å². The summed E-state index contributed by atoms with van der Waals surface area (Å²) in [5.41, 5.74) is 3.26. The zero-order valence-electron chi connectivity index (χ0n) is 16.7. The molecular weight excluding hydrogens is 364 g/mol. The number of hydrogen-bond acceptors (Lipinski definition) is 3. The Kier molecular flexibility index (Phi) is 5.21. The van der Waals surface area contributed by atoms with Crippen LogP contribution in [0.25, 0.3) is 10.8 Å². The predicted octanol–water partition coefficient (Wildman–Crippen LogP) is 4.79. The van der Waals surface area contributed by atoms with Crippen LogP contribution in [-0.2, 0) is 11.2 Å². The number of aryl methyl sites for hydroxylation is 1. The van der Waals surface area contributed by atoms with Gasteiger partial charge in [-0.1, -0.05) is 30.3 Å². The minimum atomic E-state index is -0.204. The van der Waals surface area contributed by atoms with Crippen molar-refractivity contribution in [1.82, 2.24) is 0 Å². The van der Waals surface area contributed by atoms with Crippen molar-refractivity contribution in [2.45, 2.75) is 26.7 Å². The second kappa shape index (κ2) is 7.95. The van der Waals surface area contributed by atoms with Crippen molar-refractivity contribution in [3.63, 3.8) is 0 Å². The summed E-state index contributed by atoms with van der Waals surface area (Å²) in [5, 5.41) is 4.87. The molecule has 1 aliphatic rings. The van der Waals surface area contributed by atoms with Crippen molar-refractivity contribution < 1.29 is 14.3 Å².